The first-order valence-electron chi connectivity index (χ1n) is 15.5. The van der Waals surface area contributed by atoms with E-state index < -0.39 is 36.9 Å². The lowest BCUT2D eigenvalue weighted by Gasteiger charge is -2.27. The zero-order valence-corrected chi connectivity index (χ0v) is 24.0. The lowest BCUT2D eigenvalue weighted by atomic mass is 10.0. The Morgan fingerprint density at radius 1 is 0.595 bits per heavy atom. The number of amides is 1. The Morgan fingerprint density at radius 2 is 0.919 bits per heavy atom. The van der Waals surface area contributed by atoms with Gasteiger partial charge in [0.2, 0.25) is 5.91 Å². The first-order valence-corrected chi connectivity index (χ1v) is 15.5. The molecule has 0 aromatic rings. The van der Waals surface area contributed by atoms with E-state index in [0.29, 0.717) is 0 Å². The van der Waals surface area contributed by atoms with Gasteiger partial charge in [0, 0.05) is 6.61 Å². The van der Waals surface area contributed by atoms with E-state index in [4.69, 9.17) is 15.6 Å². The average molecular weight is 532 g/mol. The minimum absolute atomic E-state index is 0.242. The minimum Gasteiger partial charge on any atom is -0.394 e. The van der Waals surface area contributed by atoms with Crippen LogP contribution in [-0.4, -0.2) is 64.0 Å². The molecule has 7 heteroatoms. The van der Waals surface area contributed by atoms with Crippen molar-refractivity contribution in [2.75, 3.05) is 13.2 Å². The van der Waals surface area contributed by atoms with Gasteiger partial charge in [-0.2, -0.15) is 0 Å². The van der Waals surface area contributed by atoms with Crippen molar-refractivity contribution in [1.82, 2.24) is 0 Å². The molecule has 0 heterocycles. The summed E-state index contributed by atoms with van der Waals surface area (Å²) in [6.07, 6.45) is 22.5. The van der Waals surface area contributed by atoms with Crippen LogP contribution in [0.1, 0.15) is 148 Å². The largest absolute Gasteiger partial charge is 0.394 e. The zero-order chi connectivity index (χ0) is 27.6. The second-order valence-electron chi connectivity index (χ2n) is 10.8. The van der Waals surface area contributed by atoms with E-state index in [9.17, 15) is 20.1 Å². The Hall–Kier alpha value is -0.730. The Balaban J connectivity index is 3.41. The van der Waals surface area contributed by atoms with Crippen LogP contribution in [0.2, 0.25) is 0 Å². The highest BCUT2D eigenvalue weighted by molar-refractivity contribution is 5.79. The number of aliphatic hydroxyl groups is 4. The molecule has 0 aliphatic rings. The molecule has 1 amide bonds. The summed E-state index contributed by atoms with van der Waals surface area (Å²) in [4.78, 5) is 11.5. The van der Waals surface area contributed by atoms with Gasteiger partial charge < -0.3 is 30.9 Å². The highest BCUT2D eigenvalue weighted by atomic mass is 16.5. The molecule has 0 bridgehead atoms. The Kier molecular flexibility index (Phi) is 26.3. The zero-order valence-electron chi connectivity index (χ0n) is 24.0. The van der Waals surface area contributed by atoms with Gasteiger partial charge in [0.05, 0.1) is 6.61 Å². The Morgan fingerprint density at radius 3 is 1.22 bits per heavy atom. The van der Waals surface area contributed by atoms with Crippen molar-refractivity contribution in [3.8, 4) is 0 Å². The van der Waals surface area contributed by atoms with Crippen molar-refractivity contribution >= 4 is 5.91 Å². The van der Waals surface area contributed by atoms with Crippen LogP contribution in [0.3, 0.4) is 0 Å². The molecule has 0 spiro atoms. The number of aliphatic hydroxyl groups excluding tert-OH is 4. The first kappa shape index (κ1) is 36.3. The summed E-state index contributed by atoms with van der Waals surface area (Å²) in [5, 5.41) is 38.0. The molecule has 0 fully saturated rings. The van der Waals surface area contributed by atoms with Crippen LogP contribution in [0, 0.1) is 0 Å². The number of unbranched alkanes of at least 4 members (excludes halogenated alkanes) is 21. The molecule has 0 unspecified atom stereocenters. The van der Waals surface area contributed by atoms with E-state index in [-0.39, 0.29) is 6.61 Å². The maximum atomic E-state index is 11.5. The molecule has 7 nitrogen and oxygen atoms in total. The fourth-order valence-corrected chi connectivity index (χ4v) is 4.78. The summed E-state index contributed by atoms with van der Waals surface area (Å²) >= 11 is 0. The number of hydrogen-bond donors (Lipinski definition) is 5. The molecule has 0 saturated carbocycles. The van der Waals surface area contributed by atoms with E-state index >= 15 is 0 Å². The minimum atomic E-state index is -1.70. The number of rotatable bonds is 29. The topological polar surface area (TPSA) is 133 Å². The van der Waals surface area contributed by atoms with Gasteiger partial charge in [-0.3, -0.25) is 4.79 Å². The number of carbonyl (C=O) groups is 1. The van der Waals surface area contributed by atoms with Crippen LogP contribution >= 0.6 is 0 Å². The van der Waals surface area contributed by atoms with Crippen LogP contribution in [-0.2, 0) is 9.53 Å². The van der Waals surface area contributed by atoms with Crippen LogP contribution < -0.4 is 5.73 Å². The van der Waals surface area contributed by atoms with E-state index in [1.807, 2.05) is 0 Å². The molecule has 37 heavy (non-hydrogen) atoms. The number of hydrogen-bond acceptors (Lipinski definition) is 6. The van der Waals surface area contributed by atoms with E-state index in [1.54, 1.807) is 0 Å². The van der Waals surface area contributed by atoms with Gasteiger partial charge in [0.15, 0.2) is 6.10 Å². The van der Waals surface area contributed by atoms with Crippen molar-refractivity contribution < 1.29 is 30.0 Å². The Labute approximate surface area is 227 Å². The maximum absolute atomic E-state index is 11.5. The quantitative estimate of drug-likeness (QED) is 0.0806. The molecular weight excluding hydrogens is 470 g/mol. The van der Waals surface area contributed by atoms with Crippen LogP contribution in [0.15, 0.2) is 0 Å². The average Bonchev–Trinajstić information content (AvgIpc) is 2.89. The monoisotopic (exact) mass is 531 g/mol. The predicted octanol–water partition coefficient (Wildman–Crippen LogP) is 5.53. The molecule has 6 N–H and O–H groups in total. The summed E-state index contributed by atoms with van der Waals surface area (Å²) in [6.45, 7) is 1.79. The smallest absolute Gasteiger partial charge is 0.249 e. The summed E-state index contributed by atoms with van der Waals surface area (Å²) in [5.74, 6) is -0.907. The molecule has 222 valence electrons. The lowest BCUT2D eigenvalue weighted by Crippen LogP contribution is -2.51. The van der Waals surface area contributed by atoms with Crippen molar-refractivity contribution in [3.05, 3.63) is 0 Å². The number of carbonyl (C=O) groups excluding carboxylic acids is 1. The molecule has 0 aromatic carbocycles. The van der Waals surface area contributed by atoms with Crippen LogP contribution in [0.5, 0.6) is 0 Å². The van der Waals surface area contributed by atoms with E-state index in [0.717, 1.165) is 19.3 Å². The van der Waals surface area contributed by atoms with Gasteiger partial charge in [-0.05, 0) is 6.42 Å². The summed E-state index contributed by atoms with van der Waals surface area (Å²) in [5.41, 5.74) is 5.23. The van der Waals surface area contributed by atoms with Gasteiger partial charge in [-0.25, -0.2) is 0 Å². The molecular formula is C30H61NO6. The van der Waals surface area contributed by atoms with Crippen molar-refractivity contribution in [3.63, 3.8) is 0 Å². The fraction of sp³-hybridized carbons (Fsp3) is 0.967. The Bertz CT molecular complexity index is 493. The molecule has 0 saturated heterocycles. The fourth-order valence-electron chi connectivity index (χ4n) is 4.78. The SMILES string of the molecule is CCCCCCCCCCCCCCCCCCCCCCCCO[C@@H](C(N)=O)[C@@H](O)[C@H](O)[C@H](O)CO. The summed E-state index contributed by atoms with van der Waals surface area (Å²) in [7, 11) is 0. The van der Waals surface area contributed by atoms with Gasteiger partial charge in [-0.15, -0.1) is 0 Å². The number of ether oxygens (including phenoxy) is 1. The molecule has 0 aliphatic carbocycles. The van der Waals surface area contributed by atoms with Gasteiger partial charge in [-0.1, -0.05) is 142 Å². The number of primary amides is 1. The first-order chi connectivity index (χ1) is 18.0. The third-order valence-corrected chi connectivity index (χ3v) is 7.32. The molecule has 0 aromatic heterocycles. The molecule has 0 radical (unpaired) electrons. The second-order valence-corrected chi connectivity index (χ2v) is 10.8. The number of nitrogens with two attached hydrogens (primary N) is 1. The normalized spacial score (nSPS) is 14.9. The van der Waals surface area contributed by atoms with Crippen LogP contribution in [0.25, 0.3) is 0 Å². The van der Waals surface area contributed by atoms with Gasteiger partial charge >= 0.3 is 0 Å². The van der Waals surface area contributed by atoms with Crippen molar-refractivity contribution in [1.29, 1.82) is 0 Å². The van der Waals surface area contributed by atoms with Gasteiger partial charge in [0.25, 0.3) is 0 Å². The molecule has 4 atom stereocenters. The lowest BCUT2D eigenvalue weighted by molar-refractivity contribution is -0.155. The molecule has 0 rings (SSSR count). The maximum Gasteiger partial charge on any atom is 0.249 e. The summed E-state index contributed by atoms with van der Waals surface area (Å²) < 4.78 is 5.35. The standard InChI is InChI=1S/C30H61NO6/c1-2-3-4-5-6-7-8-9-10-11-12-13-14-15-16-17-18-19-20-21-22-23-24-37-29(30(31)36)28(35)27(34)26(33)25-32/h26-29,32-35H,2-25H2,1H3,(H2,31,36)/t26-,27-,28+,29-/m1/s1. The van der Waals surface area contributed by atoms with E-state index in [1.165, 1.54) is 122 Å². The highest BCUT2D eigenvalue weighted by Crippen LogP contribution is 2.15. The van der Waals surface area contributed by atoms with Crippen molar-refractivity contribution in [2.24, 2.45) is 5.73 Å². The van der Waals surface area contributed by atoms with Crippen LogP contribution in [0.4, 0.5) is 0 Å². The van der Waals surface area contributed by atoms with Gasteiger partial charge in [0.1, 0.15) is 18.3 Å². The van der Waals surface area contributed by atoms with Crippen molar-refractivity contribution in [2.45, 2.75) is 173 Å². The van der Waals surface area contributed by atoms with E-state index in [2.05, 4.69) is 6.92 Å². The molecule has 0 aliphatic heterocycles. The third-order valence-electron chi connectivity index (χ3n) is 7.32. The third kappa shape index (κ3) is 21.8. The highest BCUT2D eigenvalue weighted by Gasteiger charge is 2.35. The second kappa shape index (κ2) is 26.9. The predicted molar refractivity (Wildman–Crippen MR) is 151 cm³/mol. The summed E-state index contributed by atoms with van der Waals surface area (Å²) in [6, 6.07) is 0.